The molecule has 2 heterocycles. The van der Waals surface area contributed by atoms with Crippen molar-refractivity contribution in [1.82, 2.24) is 9.55 Å². The Morgan fingerprint density at radius 2 is 2.38 bits per heavy atom. The second-order valence-electron chi connectivity index (χ2n) is 3.28. The van der Waals surface area contributed by atoms with E-state index in [1.807, 2.05) is 22.7 Å². The van der Waals surface area contributed by atoms with Gasteiger partial charge in [0.15, 0.2) is 0 Å². The first-order valence-corrected chi connectivity index (χ1v) is 4.13. The van der Waals surface area contributed by atoms with E-state index >= 15 is 0 Å². The van der Waals surface area contributed by atoms with Crippen LogP contribution in [0.4, 0.5) is 5.95 Å². The predicted molar refractivity (Wildman–Crippen MR) is 46.5 cm³/mol. The normalized spacial score (nSPS) is 17.2. The summed E-state index contributed by atoms with van der Waals surface area (Å²) in [6, 6.07) is 0. The molecule has 70 valence electrons. The Kier molecular flexibility index (Phi) is 1.72. The highest BCUT2D eigenvalue weighted by molar-refractivity contribution is 5.73. The molecule has 13 heavy (non-hydrogen) atoms. The number of imidazole rings is 1. The number of aliphatic carboxylic acids is 1. The van der Waals surface area contributed by atoms with E-state index in [4.69, 9.17) is 5.11 Å². The first-order valence-electron chi connectivity index (χ1n) is 4.13. The van der Waals surface area contributed by atoms with Crippen molar-refractivity contribution < 1.29 is 9.90 Å². The van der Waals surface area contributed by atoms with E-state index in [0.717, 1.165) is 5.95 Å². The lowest BCUT2D eigenvalue weighted by atomic mass is 10.0. The van der Waals surface area contributed by atoms with Crippen molar-refractivity contribution in [2.24, 2.45) is 13.0 Å². The van der Waals surface area contributed by atoms with Gasteiger partial charge in [0.1, 0.15) is 0 Å². The third kappa shape index (κ3) is 1.26. The van der Waals surface area contributed by atoms with Crippen LogP contribution >= 0.6 is 0 Å². The Labute approximate surface area is 75.6 Å². The first kappa shape index (κ1) is 8.10. The maximum atomic E-state index is 10.5. The van der Waals surface area contributed by atoms with Crippen LogP contribution in [0.2, 0.25) is 0 Å². The molecule has 5 nitrogen and oxygen atoms in total. The molecule has 0 radical (unpaired) electrons. The number of carbonyl (C=O) groups is 1. The monoisotopic (exact) mass is 181 g/mol. The Bertz CT molecular complexity index is 328. The van der Waals surface area contributed by atoms with Crippen LogP contribution in [0, 0.1) is 5.92 Å². The molecule has 1 aromatic heterocycles. The fraction of sp³-hybridized carbons (Fsp3) is 0.500. The number of carboxylic acids is 1. The molecule has 1 fully saturated rings. The van der Waals surface area contributed by atoms with E-state index in [1.165, 1.54) is 0 Å². The van der Waals surface area contributed by atoms with Crippen molar-refractivity contribution in [1.29, 1.82) is 0 Å². The summed E-state index contributed by atoms with van der Waals surface area (Å²) in [5.74, 6) is -0.0975. The Hall–Kier alpha value is -1.52. The van der Waals surface area contributed by atoms with Gasteiger partial charge in [-0.2, -0.15) is 0 Å². The van der Waals surface area contributed by atoms with Gasteiger partial charge in [0.25, 0.3) is 0 Å². The average molecular weight is 181 g/mol. The molecule has 0 aliphatic carbocycles. The highest BCUT2D eigenvalue weighted by Crippen LogP contribution is 2.22. The van der Waals surface area contributed by atoms with E-state index < -0.39 is 5.97 Å². The SMILES string of the molecule is Cn1ccnc1N1CC(C(=O)O)C1. The fourth-order valence-electron chi connectivity index (χ4n) is 1.46. The van der Waals surface area contributed by atoms with E-state index in [2.05, 4.69) is 4.98 Å². The van der Waals surface area contributed by atoms with E-state index in [1.54, 1.807) is 6.20 Å². The van der Waals surface area contributed by atoms with Crippen molar-refractivity contribution in [2.45, 2.75) is 0 Å². The zero-order chi connectivity index (χ0) is 9.42. The van der Waals surface area contributed by atoms with Crippen LogP contribution in [-0.2, 0) is 11.8 Å². The van der Waals surface area contributed by atoms with Gasteiger partial charge in [0, 0.05) is 32.5 Å². The Morgan fingerprint density at radius 1 is 1.69 bits per heavy atom. The maximum absolute atomic E-state index is 10.5. The molecule has 1 aliphatic heterocycles. The minimum Gasteiger partial charge on any atom is -0.481 e. The van der Waals surface area contributed by atoms with Crippen molar-refractivity contribution in [2.75, 3.05) is 18.0 Å². The quantitative estimate of drug-likeness (QED) is 0.694. The number of nitrogens with zero attached hydrogens (tertiary/aromatic N) is 3. The van der Waals surface area contributed by atoms with Gasteiger partial charge in [-0.15, -0.1) is 0 Å². The van der Waals surface area contributed by atoms with Crippen LogP contribution in [0.3, 0.4) is 0 Å². The summed E-state index contributed by atoms with van der Waals surface area (Å²) in [6.07, 6.45) is 3.56. The smallest absolute Gasteiger partial charge is 0.310 e. The summed E-state index contributed by atoms with van der Waals surface area (Å²) in [5, 5.41) is 8.66. The Morgan fingerprint density at radius 3 is 2.85 bits per heavy atom. The minimum atomic E-state index is -0.717. The van der Waals surface area contributed by atoms with E-state index in [0.29, 0.717) is 13.1 Å². The van der Waals surface area contributed by atoms with Crippen LogP contribution < -0.4 is 4.90 Å². The minimum absolute atomic E-state index is 0.225. The lowest BCUT2D eigenvalue weighted by Gasteiger charge is -2.37. The second-order valence-corrected chi connectivity index (χ2v) is 3.28. The molecule has 5 heteroatoms. The van der Waals surface area contributed by atoms with Crippen molar-refractivity contribution in [3.8, 4) is 0 Å². The molecule has 0 unspecified atom stereocenters. The molecule has 0 bridgehead atoms. The lowest BCUT2D eigenvalue weighted by Crippen LogP contribution is -2.51. The molecule has 0 spiro atoms. The maximum Gasteiger partial charge on any atom is 0.310 e. The molecule has 0 aromatic carbocycles. The highest BCUT2D eigenvalue weighted by Gasteiger charge is 2.34. The van der Waals surface area contributed by atoms with E-state index in [-0.39, 0.29) is 5.92 Å². The molecule has 1 N–H and O–H groups in total. The van der Waals surface area contributed by atoms with Gasteiger partial charge >= 0.3 is 5.97 Å². The number of carboxylic acid groups (broad SMARTS) is 1. The van der Waals surface area contributed by atoms with Crippen LogP contribution in [0.1, 0.15) is 0 Å². The highest BCUT2D eigenvalue weighted by atomic mass is 16.4. The van der Waals surface area contributed by atoms with Gasteiger partial charge in [-0.1, -0.05) is 0 Å². The second kappa shape index (κ2) is 2.76. The third-order valence-electron chi connectivity index (χ3n) is 2.31. The van der Waals surface area contributed by atoms with Crippen LogP contribution in [0.15, 0.2) is 12.4 Å². The number of rotatable bonds is 2. The van der Waals surface area contributed by atoms with Crippen molar-refractivity contribution >= 4 is 11.9 Å². The summed E-state index contributed by atoms with van der Waals surface area (Å²) in [5.41, 5.74) is 0. The molecule has 2 rings (SSSR count). The van der Waals surface area contributed by atoms with Gasteiger partial charge in [-0.3, -0.25) is 4.79 Å². The topological polar surface area (TPSA) is 58.4 Å². The first-order chi connectivity index (χ1) is 6.18. The fourth-order valence-corrected chi connectivity index (χ4v) is 1.46. The summed E-state index contributed by atoms with van der Waals surface area (Å²) in [7, 11) is 1.90. The summed E-state index contributed by atoms with van der Waals surface area (Å²) in [4.78, 5) is 16.6. The average Bonchev–Trinajstić information content (AvgIpc) is 2.32. The molecule has 0 atom stereocenters. The molecular weight excluding hydrogens is 170 g/mol. The number of hydrogen-bond donors (Lipinski definition) is 1. The Balaban J connectivity index is 2.01. The summed E-state index contributed by atoms with van der Waals surface area (Å²) >= 11 is 0. The van der Waals surface area contributed by atoms with Crippen LogP contribution in [-0.4, -0.2) is 33.7 Å². The summed E-state index contributed by atoms with van der Waals surface area (Å²) in [6.45, 7) is 1.14. The number of hydrogen-bond acceptors (Lipinski definition) is 3. The number of anilines is 1. The predicted octanol–water partition coefficient (Wildman–Crippen LogP) is -0.0591. The molecule has 1 saturated heterocycles. The lowest BCUT2D eigenvalue weighted by molar-refractivity contribution is -0.142. The van der Waals surface area contributed by atoms with Gasteiger partial charge < -0.3 is 14.6 Å². The standard InChI is InChI=1S/C8H11N3O2/c1-10-3-2-9-8(10)11-4-6(5-11)7(12)13/h2-3,6H,4-5H2,1H3,(H,12,13). The zero-order valence-corrected chi connectivity index (χ0v) is 7.34. The largest absolute Gasteiger partial charge is 0.481 e. The van der Waals surface area contributed by atoms with Crippen molar-refractivity contribution in [3.63, 3.8) is 0 Å². The van der Waals surface area contributed by atoms with Gasteiger partial charge in [-0.05, 0) is 0 Å². The molecular formula is C8H11N3O2. The zero-order valence-electron chi connectivity index (χ0n) is 7.34. The van der Waals surface area contributed by atoms with Gasteiger partial charge in [0.2, 0.25) is 5.95 Å². The van der Waals surface area contributed by atoms with E-state index in [9.17, 15) is 4.79 Å². The molecule has 0 saturated carbocycles. The number of aromatic nitrogens is 2. The van der Waals surface area contributed by atoms with Crippen LogP contribution in [0.5, 0.6) is 0 Å². The summed E-state index contributed by atoms with van der Waals surface area (Å²) < 4.78 is 1.89. The third-order valence-corrected chi connectivity index (χ3v) is 2.31. The van der Waals surface area contributed by atoms with Crippen molar-refractivity contribution in [3.05, 3.63) is 12.4 Å². The number of aryl methyl sites for hydroxylation is 1. The molecule has 1 aliphatic rings. The molecule has 0 amide bonds. The van der Waals surface area contributed by atoms with Gasteiger partial charge in [-0.25, -0.2) is 4.98 Å². The van der Waals surface area contributed by atoms with Gasteiger partial charge in [0.05, 0.1) is 5.92 Å². The molecule has 1 aromatic rings. The van der Waals surface area contributed by atoms with Crippen LogP contribution in [0.25, 0.3) is 0 Å².